The number of alkyl halides is 3. The Kier molecular flexibility index (Phi) is 7.01. The zero-order chi connectivity index (χ0) is 25.4. The second-order valence-corrected chi connectivity index (χ2v) is 10.8. The molecule has 36 heavy (non-hydrogen) atoms. The molecular formula is C24H22F5N3O2S2. The Morgan fingerprint density at radius 3 is 2.58 bits per heavy atom. The molecule has 2 aliphatic rings. The fraction of sp³-hybridized carbons (Fsp3) is 0.375. The Balaban J connectivity index is 1.47. The van der Waals surface area contributed by atoms with Gasteiger partial charge in [0.1, 0.15) is 17.4 Å². The van der Waals surface area contributed by atoms with Crippen LogP contribution in [-0.4, -0.2) is 33.4 Å². The molecule has 5 rings (SSSR count). The Bertz CT molecular complexity index is 1240. The highest BCUT2D eigenvalue weighted by molar-refractivity contribution is 7.86. The third-order valence-corrected chi connectivity index (χ3v) is 8.55. The molecular weight excluding hydrogens is 521 g/mol. The Hall–Kier alpha value is -2.57. The van der Waals surface area contributed by atoms with Gasteiger partial charge in [0.25, 0.3) is 0 Å². The van der Waals surface area contributed by atoms with Crippen molar-refractivity contribution in [2.24, 2.45) is 5.92 Å². The van der Waals surface area contributed by atoms with Gasteiger partial charge in [-0.25, -0.2) is 18.0 Å². The van der Waals surface area contributed by atoms with Crippen LogP contribution in [0.1, 0.15) is 42.5 Å². The Labute approximate surface area is 210 Å². The molecule has 2 aliphatic heterocycles. The summed E-state index contributed by atoms with van der Waals surface area (Å²) in [6.45, 7) is 0.405. The molecule has 4 atom stereocenters. The summed E-state index contributed by atoms with van der Waals surface area (Å²) in [5.41, 5.74) is 1.07. The molecule has 0 aliphatic carbocycles. The topological polar surface area (TPSA) is 54.5 Å². The molecule has 3 aromatic rings. The van der Waals surface area contributed by atoms with Crippen LogP contribution in [0.5, 0.6) is 5.75 Å². The van der Waals surface area contributed by atoms with E-state index in [0.29, 0.717) is 28.4 Å². The summed E-state index contributed by atoms with van der Waals surface area (Å²) in [5, 5.41) is 2.06. The number of ether oxygens (including phenoxy) is 1. The summed E-state index contributed by atoms with van der Waals surface area (Å²) < 4.78 is 90.7. The van der Waals surface area contributed by atoms with Crippen molar-refractivity contribution in [1.82, 2.24) is 9.88 Å². The SMILES string of the molecule is O=S(Nc1nccs1)c1cc2c(cc1F)[C@H](N1CC[C@@H](C(F)(F)F)C[C@H]1c1ccc(F)cc1)CCO2. The van der Waals surface area contributed by atoms with E-state index in [0.717, 1.165) is 0 Å². The number of aromatic nitrogens is 1. The van der Waals surface area contributed by atoms with Crippen molar-refractivity contribution in [3.8, 4) is 5.75 Å². The van der Waals surface area contributed by atoms with Crippen molar-refractivity contribution < 1.29 is 30.9 Å². The number of piperidine rings is 1. The second kappa shape index (κ2) is 10.1. The molecule has 3 heterocycles. The highest BCUT2D eigenvalue weighted by Crippen LogP contribution is 2.48. The lowest BCUT2D eigenvalue weighted by molar-refractivity contribution is -0.192. The lowest BCUT2D eigenvalue weighted by atomic mass is 9.84. The first-order chi connectivity index (χ1) is 17.2. The number of nitrogens with one attached hydrogen (secondary N) is 1. The number of hydrogen-bond acceptors (Lipinski definition) is 5. The van der Waals surface area contributed by atoms with E-state index in [1.165, 1.54) is 53.9 Å². The van der Waals surface area contributed by atoms with Crippen LogP contribution in [0.4, 0.5) is 27.1 Å². The molecule has 1 saturated heterocycles. The van der Waals surface area contributed by atoms with Gasteiger partial charge >= 0.3 is 6.18 Å². The van der Waals surface area contributed by atoms with E-state index >= 15 is 4.39 Å². The van der Waals surface area contributed by atoms with Gasteiger partial charge in [-0.05, 0) is 43.1 Å². The fourth-order valence-electron chi connectivity index (χ4n) is 4.93. The molecule has 1 fully saturated rings. The van der Waals surface area contributed by atoms with Crippen molar-refractivity contribution in [3.05, 3.63) is 70.7 Å². The highest BCUT2D eigenvalue weighted by atomic mass is 32.2. The highest BCUT2D eigenvalue weighted by Gasteiger charge is 2.46. The predicted octanol–water partition coefficient (Wildman–Crippen LogP) is 6.40. The second-order valence-electron chi connectivity index (χ2n) is 8.75. The van der Waals surface area contributed by atoms with Gasteiger partial charge < -0.3 is 4.74 Å². The molecule has 2 aromatic carbocycles. The molecule has 1 N–H and O–H groups in total. The van der Waals surface area contributed by atoms with Gasteiger partial charge in [0.05, 0.1) is 17.4 Å². The summed E-state index contributed by atoms with van der Waals surface area (Å²) in [6, 6.07) is 7.06. The van der Waals surface area contributed by atoms with E-state index in [1.807, 2.05) is 4.90 Å². The van der Waals surface area contributed by atoms with Gasteiger partial charge in [-0.15, -0.1) is 11.3 Å². The van der Waals surface area contributed by atoms with Gasteiger partial charge in [-0.1, -0.05) is 12.1 Å². The first kappa shape index (κ1) is 25.1. The number of fused-ring (bicyclic) bond motifs is 1. The van der Waals surface area contributed by atoms with Gasteiger partial charge in [-0.3, -0.25) is 9.62 Å². The normalized spacial score (nSPS) is 23.5. The summed E-state index contributed by atoms with van der Waals surface area (Å²) in [6.07, 6.45) is -2.63. The van der Waals surface area contributed by atoms with Crippen LogP contribution in [0.2, 0.25) is 0 Å². The largest absolute Gasteiger partial charge is 0.493 e. The van der Waals surface area contributed by atoms with Crippen LogP contribution in [-0.2, 0) is 11.0 Å². The lowest BCUT2D eigenvalue weighted by Gasteiger charge is -2.46. The number of halogens is 5. The van der Waals surface area contributed by atoms with Crippen molar-refractivity contribution in [2.45, 2.75) is 42.4 Å². The average Bonchev–Trinajstić information content (AvgIpc) is 3.36. The molecule has 5 nitrogen and oxygen atoms in total. The first-order valence-corrected chi connectivity index (χ1v) is 13.4. The molecule has 0 amide bonds. The molecule has 192 valence electrons. The van der Waals surface area contributed by atoms with Crippen molar-refractivity contribution in [1.29, 1.82) is 0 Å². The molecule has 12 heteroatoms. The maximum atomic E-state index is 15.2. The zero-order valence-electron chi connectivity index (χ0n) is 18.8. The third-order valence-electron chi connectivity index (χ3n) is 6.65. The quantitative estimate of drug-likeness (QED) is 0.379. The maximum absolute atomic E-state index is 15.2. The number of anilines is 1. The van der Waals surface area contributed by atoms with Gasteiger partial charge in [0.15, 0.2) is 16.1 Å². The summed E-state index contributed by atoms with van der Waals surface area (Å²) in [4.78, 5) is 5.82. The summed E-state index contributed by atoms with van der Waals surface area (Å²) >= 11 is 1.22. The molecule has 0 radical (unpaired) electrons. The minimum Gasteiger partial charge on any atom is -0.493 e. The van der Waals surface area contributed by atoms with Crippen LogP contribution in [0, 0.1) is 17.6 Å². The van der Waals surface area contributed by atoms with E-state index in [9.17, 15) is 21.8 Å². The molecule has 1 unspecified atom stereocenters. The van der Waals surface area contributed by atoms with Gasteiger partial charge in [0, 0.05) is 41.7 Å². The monoisotopic (exact) mass is 543 g/mol. The number of likely N-dealkylation sites (tertiary alicyclic amines) is 1. The van der Waals surface area contributed by atoms with E-state index in [2.05, 4.69) is 9.71 Å². The van der Waals surface area contributed by atoms with Crippen molar-refractivity contribution in [3.63, 3.8) is 0 Å². The summed E-state index contributed by atoms with van der Waals surface area (Å²) in [7, 11) is -1.92. The maximum Gasteiger partial charge on any atom is 0.391 e. The average molecular weight is 544 g/mol. The molecule has 0 saturated carbocycles. The number of hydrogen-bond donors (Lipinski definition) is 1. The Morgan fingerprint density at radius 1 is 1.11 bits per heavy atom. The fourth-order valence-corrected chi connectivity index (χ4v) is 6.50. The first-order valence-electron chi connectivity index (χ1n) is 11.3. The standard InChI is InChI=1S/C24H22F5N3O2S2/c25-16-3-1-14(2-4-16)20-11-15(24(27,28)29)5-8-32(20)19-6-9-34-21-13-22(18(26)12-17(19)21)36(33)31-23-30-7-10-35-23/h1-4,7,10,12-13,15,19-20H,5-6,8-9,11H2,(H,30,31)/t15-,19-,20+,36?/m1/s1. The predicted molar refractivity (Wildman–Crippen MR) is 126 cm³/mol. The molecule has 1 aromatic heterocycles. The van der Waals surface area contributed by atoms with Crippen LogP contribution < -0.4 is 9.46 Å². The minimum absolute atomic E-state index is 0.0871. The van der Waals surface area contributed by atoms with Gasteiger partial charge in [0.2, 0.25) is 0 Å². The number of thiazole rings is 1. The number of benzene rings is 2. The van der Waals surface area contributed by atoms with Crippen LogP contribution in [0.3, 0.4) is 0 Å². The van der Waals surface area contributed by atoms with Crippen LogP contribution >= 0.6 is 11.3 Å². The van der Waals surface area contributed by atoms with Crippen LogP contribution in [0.15, 0.2) is 52.9 Å². The number of nitrogens with zero attached hydrogens (tertiary/aromatic N) is 2. The summed E-state index contributed by atoms with van der Waals surface area (Å²) in [5.74, 6) is -2.33. The van der Waals surface area contributed by atoms with E-state index in [-0.39, 0.29) is 30.9 Å². The van der Waals surface area contributed by atoms with E-state index < -0.39 is 46.8 Å². The van der Waals surface area contributed by atoms with E-state index in [4.69, 9.17) is 4.74 Å². The molecule has 0 spiro atoms. The van der Waals surface area contributed by atoms with Crippen molar-refractivity contribution >= 4 is 27.5 Å². The zero-order valence-corrected chi connectivity index (χ0v) is 20.4. The third kappa shape index (κ3) is 5.12. The lowest BCUT2D eigenvalue weighted by Crippen LogP contribution is -2.44. The van der Waals surface area contributed by atoms with E-state index in [1.54, 1.807) is 5.38 Å². The van der Waals surface area contributed by atoms with Gasteiger partial charge in [-0.2, -0.15) is 13.2 Å². The number of rotatable bonds is 5. The minimum atomic E-state index is -4.34. The Morgan fingerprint density at radius 2 is 1.89 bits per heavy atom. The van der Waals surface area contributed by atoms with Crippen LogP contribution in [0.25, 0.3) is 0 Å². The molecule has 0 bridgehead atoms. The van der Waals surface area contributed by atoms with Crippen molar-refractivity contribution in [2.75, 3.05) is 17.9 Å². The smallest absolute Gasteiger partial charge is 0.391 e.